The molecule has 1 aliphatic rings. The molecule has 0 aromatic carbocycles. The minimum absolute atomic E-state index is 0.0655. The summed E-state index contributed by atoms with van der Waals surface area (Å²) in [6.07, 6.45) is 7.42. The molecular formula is C14H18N4OS. The van der Waals surface area contributed by atoms with E-state index in [1.165, 1.54) is 5.69 Å². The number of hydrogen-bond acceptors (Lipinski definition) is 4. The predicted octanol–water partition coefficient (Wildman–Crippen LogP) is 1.87. The van der Waals surface area contributed by atoms with E-state index >= 15 is 0 Å². The number of aryl methyl sites for hydroxylation is 2. The van der Waals surface area contributed by atoms with Gasteiger partial charge in [0, 0.05) is 36.6 Å². The average molecular weight is 290 g/mol. The molecule has 5 nitrogen and oxygen atoms in total. The number of thiazole rings is 1. The van der Waals surface area contributed by atoms with Gasteiger partial charge >= 0.3 is 0 Å². The molecule has 0 radical (unpaired) electrons. The number of imidazole rings is 1. The van der Waals surface area contributed by atoms with Crippen molar-refractivity contribution in [3.05, 3.63) is 34.3 Å². The summed E-state index contributed by atoms with van der Waals surface area (Å²) in [5.74, 6) is 0.283. The van der Waals surface area contributed by atoms with Crippen molar-refractivity contribution >= 4 is 17.2 Å². The highest BCUT2D eigenvalue weighted by atomic mass is 32.1. The Morgan fingerprint density at radius 2 is 2.40 bits per heavy atom. The largest absolute Gasteiger partial charge is 0.340 e. The molecule has 0 saturated heterocycles. The Morgan fingerprint density at radius 1 is 1.55 bits per heavy atom. The van der Waals surface area contributed by atoms with Crippen LogP contribution in [-0.4, -0.2) is 32.4 Å². The number of rotatable bonds is 3. The molecule has 2 aromatic heterocycles. The molecule has 2 aromatic rings. The molecule has 20 heavy (non-hydrogen) atoms. The summed E-state index contributed by atoms with van der Waals surface area (Å²) in [5, 5.41) is 1.04. The Morgan fingerprint density at radius 3 is 3.15 bits per heavy atom. The summed E-state index contributed by atoms with van der Waals surface area (Å²) in [7, 11) is 1.88. The zero-order valence-electron chi connectivity index (χ0n) is 11.7. The van der Waals surface area contributed by atoms with Crippen LogP contribution in [0.2, 0.25) is 0 Å². The van der Waals surface area contributed by atoms with Gasteiger partial charge in [0.25, 0.3) is 0 Å². The number of aromatic nitrogens is 3. The normalized spacial score (nSPS) is 17.8. The predicted molar refractivity (Wildman–Crippen MR) is 77.4 cm³/mol. The van der Waals surface area contributed by atoms with Gasteiger partial charge in [-0.3, -0.25) is 4.79 Å². The Balaban J connectivity index is 1.64. The van der Waals surface area contributed by atoms with Gasteiger partial charge in [0.2, 0.25) is 5.91 Å². The molecule has 0 fully saturated rings. The zero-order valence-corrected chi connectivity index (χ0v) is 12.6. The van der Waals surface area contributed by atoms with Crippen molar-refractivity contribution in [3.63, 3.8) is 0 Å². The molecule has 1 atom stereocenters. The van der Waals surface area contributed by atoms with Crippen LogP contribution in [-0.2, 0) is 24.3 Å². The first-order chi connectivity index (χ1) is 9.63. The first-order valence-electron chi connectivity index (χ1n) is 6.79. The number of fused-ring (bicyclic) bond motifs is 1. The Bertz CT molecular complexity index is 618. The second kappa shape index (κ2) is 5.36. The van der Waals surface area contributed by atoms with Gasteiger partial charge < -0.3 is 9.47 Å². The smallest absolute Gasteiger partial charge is 0.227 e. The molecule has 3 rings (SSSR count). The summed E-state index contributed by atoms with van der Waals surface area (Å²) in [4.78, 5) is 23.8. The van der Waals surface area contributed by atoms with Gasteiger partial charge in [-0.05, 0) is 19.8 Å². The lowest BCUT2D eigenvalue weighted by Gasteiger charge is -2.27. The molecular weight excluding hydrogens is 272 g/mol. The van der Waals surface area contributed by atoms with Crippen molar-refractivity contribution in [1.82, 2.24) is 19.4 Å². The third kappa shape index (κ3) is 2.60. The number of nitrogens with zero attached hydrogens (tertiary/aromatic N) is 4. The van der Waals surface area contributed by atoms with Crippen molar-refractivity contribution in [3.8, 4) is 0 Å². The fourth-order valence-electron chi connectivity index (χ4n) is 2.67. The first kappa shape index (κ1) is 13.3. The van der Waals surface area contributed by atoms with Gasteiger partial charge in [0.1, 0.15) is 0 Å². The van der Waals surface area contributed by atoms with Crippen LogP contribution in [0, 0.1) is 12.8 Å². The van der Waals surface area contributed by atoms with Gasteiger partial charge in [0.15, 0.2) is 0 Å². The summed E-state index contributed by atoms with van der Waals surface area (Å²) < 4.78 is 2.09. The van der Waals surface area contributed by atoms with Gasteiger partial charge in [-0.25, -0.2) is 9.97 Å². The van der Waals surface area contributed by atoms with Crippen molar-refractivity contribution in [2.45, 2.75) is 32.9 Å². The minimum Gasteiger partial charge on any atom is -0.340 e. The quantitative estimate of drug-likeness (QED) is 0.867. The van der Waals surface area contributed by atoms with E-state index in [1.807, 2.05) is 37.6 Å². The SMILES string of the molecule is Cc1ncc(CN(C)C(=O)C2CCc3cncn3C2)s1. The monoisotopic (exact) mass is 290 g/mol. The van der Waals surface area contributed by atoms with Crippen molar-refractivity contribution in [2.24, 2.45) is 5.92 Å². The summed E-state index contributed by atoms with van der Waals surface area (Å²) in [6.45, 7) is 3.38. The molecule has 1 amide bonds. The van der Waals surface area contributed by atoms with Gasteiger partial charge in [0.05, 0.1) is 23.8 Å². The van der Waals surface area contributed by atoms with E-state index in [4.69, 9.17) is 0 Å². The van der Waals surface area contributed by atoms with E-state index in [0.29, 0.717) is 6.54 Å². The lowest BCUT2D eigenvalue weighted by Crippen LogP contribution is -2.36. The molecule has 0 aliphatic carbocycles. The molecule has 106 valence electrons. The molecule has 1 unspecified atom stereocenters. The highest BCUT2D eigenvalue weighted by molar-refractivity contribution is 7.11. The summed E-state index contributed by atoms with van der Waals surface area (Å²) in [6, 6.07) is 0. The zero-order chi connectivity index (χ0) is 14.1. The van der Waals surface area contributed by atoms with Crippen LogP contribution in [0.4, 0.5) is 0 Å². The number of amides is 1. The first-order valence-corrected chi connectivity index (χ1v) is 7.60. The maximum absolute atomic E-state index is 12.5. The summed E-state index contributed by atoms with van der Waals surface area (Å²) >= 11 is 1.65. The lowest BCUT2D eigenvalue weighted by atomic mass is 9.97. The number of hydrogen-bond donors (Lipinski definition) is 0. The van der Waals surface area contributed by atoms with Crippen LogP contribution in [0.5, 0.6) is 0 Å². The standard InChI is InChI=1S/C14H18N4OS/c1-10-16-6-13(20-10)8-17(2)14(19)11-3-4-12-5-15-9-18(12)7-11/h5-6,9,11H,3-4,7-8H2,1-2H3. The van der Waals surface area contributed by atoms with Gasteiger partial charge in [-0.1, -0.05) is 0 Å². The van der Waals surface area contributed by atoms with E-state index in [9.17, 15) is 4.79 Å². The lowest BCUT2D eigenvalue weighted by molar-refractivity contribution is -0.135. The fourth-order valence-corrected chi connectivity index (χ4v) is 3.52. The number of carbonyl (C=O) groups is 1. The highest BCUT2D eigenvalue weighted by Gasteiger charge is 2.27. The summed E-state index contributed by atoms with van der Waals surface area (Å²) in [5.41, 5.74) is 1.23. The van der Waals surface area contributed by atoms with Crippen LogP contribution in [0.25, 0.3) is 0 Å². The number of carbonyl (C=O) groups excluding carboxylic acids is 1. The van der Waals surface area contributed by atoms with Crippen LogP contribution >= 0.6 is 11.3 Å². The van der Waals surface area contributed by atoms with Gasteiger partial charge in [-0.2, -0.15) is 0 Å². The van der Waals surface area contributed by atoms with Crippen molar-refractivity contribution in [2.75, 3.05) is 7.05 Å². The Labute approximate surface area is 122 Å². The van der Waals surface area contributed by atoms with E-state index in [1.54, 1.807) is 11.3 Å². The van der Waals surface area contributed by atoms with E-state index in [0.717, 1.165) is 29.3 Å². The minimum atomic E-state index is 0.0655. The highest BCUT2D eigenvalue weighted by Crippen LogP contribution is 2.22. The van der Waals surface area contributed by atoms with Crippen LogP contribution in [0.1, 0.15) is 22.0 Å². The average Bonchev–Trinajstić information content (AvgIpc) is 3.05. The second-order valence-electron chi connectivity index (χ2n) is 5.31. The van der Waals surface area contributed by atoms with E-state index in [2.05, 4.69) is 14.5 Å². The topological polar surface area (TPSA) is 51.0 Å². The van der Waals surface area contributed by atoms with Crippen LogP contribution in [0.15, 0.2) is 18.7 Å². The van der Waals surface area contributed by atoms with Crippen LogP contribution in [0.3, 0.4) is 0 Å². The van der Waals surface area contributed by atoms with E-state index < -0.39 is 0 Å². The Kier molecular flexibility index (Phi) is 3.56. The fraction of sp³-hybridized carbons (Fsp3) is 0.500. The van der Waals surface area contributed by atoms with Crippen molar-refractivity contribution < 1.29 is 4.79 Å². The van der Waals surface area contributed by atoms with Gasteiger partial charge in [-0.15, -0.1) is 11.3 Å². The third-order valence-corrected chi connectivity index (χ3v) is 4.65. The molecule has 0 saturated carbocycles. The molecule has 0 N–H and O–H groups in total. The maximum Gasteiger partial charge on any atom is 0.227 e. The second-order valence-corrected chi connectivity index (χ2v) is 6.63. The van der Waals surface area contributed by atoms with Crippen LogP contribution < -0.4 is 0 Å². The molecule has 0 spiro atoms. The van der Waals surface area contributed by atoms with Crippen molar-refractivity contribution in [1.29, 1.82) is 0 Å². The van der Waals surface area contributed by atoms with E-state index in [-0.39, 0.29) is 11.8 Å². The molecule has 0 bridgehead atoms. The molecule has 6 heteroatoms. The molecule has 1 aliphatic heterocycles. The maximum atomic E-state index is 12.5. The molecule has 3 heterocycles. The Hall–Kier alpha value is -1.69. The third-order valence-electron chi connectivity index (χ3n) is 3.75.